The van der Waals surface area contributed by atoms with Gasteiger partial charge in [-0.2, -0.15) is 0 Å². The Hall–Kier alpha value is -2.19. The summed E-state index contributed by atoms with van der Waals surface area (Å²) in [6, 6.07) is 1.94. The summed E-state index contributed by atoms with van der Waals surface area (Å²) >= 11 is 0. The first-order valence-electron chi connectivity index (χ1n) is 30.8. The van der Waals surface area contributed by atoms with Crippen LogP contribution in [0.3, 0.4) is 0 Å². The number of ether oxygens (including phenoxy) is 16. The molecule has 484 valence electrons. The zero-order valence-electron chi connectivity index (χ0n) is 51.3. The molecule has 85 heavy (non-hydrogen) atoms. The van der Waals surface area contributed by atoms with Crippen molar-refractivity contribution in [1.82, 2.24) is 0 Å². The normalized spacial score (nSPS) is 49.8. The molecule has 24 heteroatoms. The molecule has 6 N–H and O–H groups in total. The molecule has 0 aromatic carbocycles. The number of aliphatic hydroxyl groups is 6. The maximum Gasteiger partial charge on any atom is 0.187 e. The van der Waals surface area contributed by atoms with E-state index in [9.17, 15) is 35.4 Å². The van der Waals surface area contributed by atoms with Crippen molar-refractivity contribution < 1.29 is 116 Å². The van der Waals surface area contributed by atoms with Crippen LogP contribution in [0, 0.1) is 24.2 Å². The summed E-state index contributed by atoms with van der Waals surface area (Å²) in [5.41, 5.74) is 1.31. The maximum atomic E-state index is 14.3. The second-order valence-electron chi connectivity index (χ2n) is 25.8. The maximum absolute atomic E-state index is 14.3. The van der Waals surface area contributed by atoms with Crippen LogP contribution in [0.15, 0.2) is 28.4 Å². The van der Waals surface area contributed by atoms with Crippen molar-refractivity contribution in [3.8, 4) is 0 Å². The largest absolute Gasteiger partial charge is 0.469 e. The van der Waals surface area contributed by atoms with Gasteiger partial charge in [-0.1, -0.05) is 18.6 Å². The molecule has 6 aliphatic heterocycles. The molecule has 0 spiro atoms. The fraction of sp³-hybridized carbons (Fsp3) is 0.885. The van der Waals surface area contributed by atoms with Crippen molar-refractivity contribution in [3.05, 3.63) is 35.3 Å². The lowest BCUT2D eigenvalue weighted by molar-refractivity contribution is -0.359. The topological polar surface area (TPSA) is 299 Å². The Labute approximate surface area is 498 Å². The molecule has 8 fully saturated rings. The third-order valence-corrected chi connectivity index (χ3v) is 20.5. The van der Waals surface area contributed by atoms with Crippen LogP contribution in [-0.4, -0.2) is 237 Å². The molecule has 24 nitrogen and oxygen atoms in total. The van der Waals surface area contributed by atoms with Gasteiger partial charge in [-0.25, -0.2) is 0 Å². The van der Waals surface area contributed by atoms with Gasteiger partial charge in [0.05, 0.1) is 91.5 Å². The molecule has 1 aromatic rings. The van der Waals surface area contributed by atoms with Crippen molar-refractivity contribution >= 4 is 5.78 Å². The van der Waals surface area contributed by atoms with Crippen LogP contribution < -0.4 is 0 Å². The van der Waals surface area contributed by atoms with E-state index in [4.69, 9.17) is 80.2 Å². The van der Waals surface area contributed by atoms with Gasteiger partial charge in [0.1, 0.15) is 66.5 Å². The number of furan rings is 1. The highest BCUT2D eigenvalue weighted by Gasteiger charge is 2.58. The number of aryl methyl sites for hydroxylation is 1. The SMILES string of the molecule is COC1CC(OC2C(C)OC(OC3CC4=CCC5C(=O)C(C)(c6ccoc6C)CCC5C4(C)CC3O)CC2OC)OC(C)C1OC1CC(O)C(OC2CC(OC)C(OC3CC(OC)C(OC4OC(CO)C(O)C(O)C4O)C(C)O3)C(C)O2)C(C)O1. The molecule has 10 rings (SSSR count). The van der Waals surface area contributed by atoms with Crippen LogP contribution in [0.25, 0.3) is 0 Å². The molecule has 31 unspecified atom stereocenters. The first-order chi connectivity index (χ1) is 40.5. The van der Waals surface area contributed by atoms with E-state index >= 15 is 0 Å². The average molecular weight is 1210 g/mol. The van der Waals surface area contributed by atoms with E-state index in [-0.39, 0.29) is 42.3 Å². The zero-order valence-corrected chi connectivity index (χ0v) is 51.3. The van der Waals surface area contributed by atoms with E-state index in [1.54, 1.807) is 41.4 Å². The van der Waals surface area contributed by atoms with Gasteiger partial charge >= 0.3 is 0 Å². The van der Waals surface area contributed by atoms with Gasteiger partial charge in [-0.3, -0.25) is 4.79 Å². The molecule has 9 aliphatic rings. The summed E-state index contributed by atoms with van der Waals surface area (Å²) in [6.45, 7) is 14.8. The van der Waals surface area contributed by atoms with E-state index in [0.29, 0.717) is 32.1 Å². The molecular formula is C61H96O24. The van der Waals surface area contributed by atoms with Gasteiger partial charge in [0.25, 0.3) is 0 Å². The number of hydrogen-bond acceptors (Lipinski definition) is 24. The molecule has 1 aromatic heterocycles. The monoisotopic (exact) mass is 1210 g/mol. The first kappa shape index (κ1) is 65.8. The number of Topliss-reactive ketones (excluding diaryl/α,β-unsaturated/α-hetero) is 1. The predicted octanol–water partition coefficient (Wildman–Crippen LogP) is 3.14. The zero-order chi connectivity index (χ0) is 61.0. The van der Waals surface area contributed by atoms with Crippen molar-refractivity contribution in [2.45, 2.75) is 291 Å². The molecule has 2 saturated carbocycles. The highest BCUT2D eigenvalue weighted by atomic mass is 16.8. The second kappa shape index (κ2) is 27.3. The number of aliphatic hydroxyl groups excluding tert-OH is 6. The summed E-state index contributed by atoms with van der Waals surface area (Å²) in [5.74, 6) is 1.07. The average Bonchev–Trinajstić information content (AvgIpc) is 1.48. The smallest absolute Gasteiger partial charge is 0.187 e. The van der Waals surface area contributed by atoms with Crippen LogP contribution in [0.2, 0.25) is 0 Å². The van der Waals surface area contributed by atoms with Gasteiger partial charge in [-0.05, 0) is 98.0 Å². The molecule has 0 amide bonds. The van der Waals surface area contributed by atoms with Crippen LogP contribution in [0.5, 0.6) is 0 Å². The Morgan fingerprint density at radius 3 is 1.48 bits per heavy atom. The van der Waals surface area contributed by atoms with E-state index in [1.807, 2.05) is 33.8 Å². The van der Waals surface area contributed by atoms with Crippen LogP contribution >= 0.6 is 0 Å². The van der Waals surface area contributed by atoms with Gasteiger partial charge < -0.3 is 111 Å². The number of hydrogen-bond donors (Lipinski definition) is 6. The van der Waals surface area contributed by atoms with Crippen molar-refractivity contribution in [2.75, 3.05) is 35.0 Å². The fourth-order valence-corrected chi connectivity index (χ4v) is 15.6. The van der Waals surface area contributed by atoms with Crippen LogP contribution in [-0.2, 0) is 86.0 Å². The summed E-state index contributed by atoms with van der Waals surface area (Å²) < 4.78 is 106. The third kappa shape index (κ3) is 13.3. The lowest BCUT2D eigenvalue weighted by atomic mass is 9.49. The molecule has 3 aliphatic carbocycles. The van der Waals surface area contributed by atoms with Crippen molar-refractivity contribution in [3.63, 3.8) is 0 Å². The number of fused-ring (bicyclic) bond motifs is 3. The van der Waals surface area contributed by atoms with E-state index < -0.39 is 178 Å². The lowest BCUT2D eigenvalue weighted by Crippen LogP contribution is -2.62. The standard InChI is InChI=1S/C61H96O24/c1-27-35(16-18-73-27)60(7)17-15-36-34(58(60)68)14-13-33-19-39(38(64)25-61(33,36)8)79-46-21-40(69-9)55(29(3)75-46)83-48-23-42(71-11)54(30(4)77-48)82-45-20-37(63)53(28(2)74-45)81-47-22-41(70-10)56(31(5)76-47)84-49-24-43(72-12)57(32(6)78-49)85-59-52(67)51(66)50(65)44(26-62)80-59/h13,16,18,28-32,34,36-57,59,62-67H,14-15,17,19-26H2,1-12H3. The number of carbonyl (C=O) groups is 1. The minimum atomic E-state index is -1.61. The summed E-state index contributed by atoms with van der Waals surface area (Å²) in [7, 11) is 6.32. The molecule has 6 saturated heterocycles. The number of ketones is 1. The first-order valence-corrected chi connectivity index (χ1v) is 30.8. The molecule has 0 radical (unpaired) electrons. The molecule has 31 atom stereocenters. The number of carbonyl (C=O) groups excluding carboxylic acids is 1. The Kier molecular flexibility index (Phi) is 21.1. The van der Waals surface area contributed by atoms with E-state index in [2.05, 4.69) is 19.9 Å². The minimum absolute atomic E-state index is 0.0917. The number of methoxy groups -OCH3 is 4. The fourth-order valence-electron chi connectivity index (χ4n) is 15.6. The van der Waals surface area contributed by atoms with Gasteiger partial charge in [0.2, 0.25) is 0 Å². The van der Waals surface area contributed by atoms with Crippen LogP contribution in [0.4, 0.5) is 0 Å². The Bertz CT molecular complexity index is 2360. The Balaban J connectivity index is 0.674. The van der Waals surface area contributed by atoms with Gasteiger partial charge in [-0.15, -0.1) is 0 Å². The molecule has 7 heterocycles. The van der Waals surface area contributed by atoms with Crippen molar-refractivity contribution in [1.29, 1.82) is 0 Å². The van der Waals surface area contributed by atoms with E-state index in [1.165, 1.54) is 12.7 Å². The Morgan fingerprint density at radius 2 is 1.02 bits per heavy atom. The Morgan fingerprint density at radius 1 is 0.565 bits per heavy atom. The molecular weight excluding hydrogens is 1120 g/mol. The van der Waals surface area contributed by atoms with Gasteiger partial charge in [0.15, 0.2) is 37.7 Å². The van der Waals surface area contributed by atoms with E-state index in [0.717, 1.165) is 24.2 Å². The second-order valence-corrected chi connectivity index (χ2v) is 25.8. The summed E-state index contributed by atoms with van der Waals surface area (Å²) in [6.07, 6.45) is -12.9. The highest BCUT2D eigenvalue weighted by molar-refractivity contribution is 5.93. The lowest BCUT2D eigenvalue weighted by Gasteiger charge is -2.55. The van der Waals surface area contributed by atoms with Gasteiger partial charge in [0, 0.05) is 72.0 Å². The number of rotatable bonds is 18. The quantitative estimate of drug-likeness (QED) is 0.115. The predicted molar refractivity (Wildman–Crippen MR) is 295 cm³/mol. The summed E-state index contributed by atoms with van der Waals surface area (Å²) in [5, 5.41) is 64.2. The van der Waals surface area contributed by atoms with Crippen molar-refractivity contribution in [2.24, 2.45) is 17.3 Å². The highest BCUT2D eigenvalue weighted by Crippen LogP contribution is 2.59. The summed E-state index contributed by atoms with van der Waals surface area (Å²) in [4.78, 5) is 14.3. The molecule has 0 bridgehead atoms. The number of allylic oxidation sites excluding steroid dienone is 1. The minimum Gasteiger partial charge on any atom is -0.469 e. The van der Waals surface area contributed by atoms with Crippen LogP contribution in [0.1, 0.15) is 124 Å². The third-order valence-electron chi connectivity index (χ3n) is 20.5.